The maximum Gasteiger partial charge on any atom is 0.306 e. The average Bonchev–Trinajstić information content (AvgIpc) is 2.45. The van der Waals surface area contributed by atoms with Crippen LogP contribution >= 0.6 is 0 Å². The smallest absolute Gasteiger partial charge is 0.306 e. The van der Waals surface area contributed by atoms with Gasteiger partial charge in [-0.2, -0.15) is 0 Å². The molecule has 0 aliphatic carbocycles. The molecular formula is C20H37O4-. The Morgan fingerprint density at radius 1 is 0.667 bits per heavy atom. The van der Waals surface area contributed by atoms with E-state index < -0.39 is 5.97 Å². The van der Waals surface area contributed by atoms with Gasteiger partial charge in [-0.3, -0.25) is 4.79 Å². The van der Waals surface area contributed by atoms with Gasteiger partial charge in [0, 0.05) is 12.4 Å². The van der Waals surface area contributed by atoms with E-state index >= 15 is 0 Å². The first-order valence-electron chi connectivity index (χ1n) is 9.73. The van der Waals surface area contributed by atoms with Crippen LogP contribution in [0.5, 0.6) is 0 Å². The number of ether oxygens (including phenoxy) is 1. The molecule has 0 saturated heterocycles. The number of hydrogen-bond acceptors (Lipinski definition) is 4. The number of aliphatic carboxylic acids is 1. The molecule has 4 nitrogen and oxygen atoms in total. The third kappa shape index (κ3) is 19.0. The molecule has 142 valence electrons. The fraction of sp³-hybridized carbons (Fsp3) is 0.900. The predicted octanol–water partition coefficient (Wildman–Crippen LogP) is 4.54. The predicted molar refractivity (Wildman–Crippen MR) is 95.5 cm³/mol. The van der Waals surface area contributed by atoms with Crippen molar-refractivity contribution >= 4 is 11.9 Å². The molecule has 0 aliphatic rings. The summed E-state index contributed by atoms with van der Waals surface area (Å²) in [6, 6.07) is 0. The van der Waals surface area contributed by atoms with E-state index in [9.17, 15) is 14.7 Å². The molecule has 24 heavy (non-hydrogen) atoms. The number of carbonyl (C=O) groups excluding carboxylic acids is 2. The molecule has 0 aromatic carbocycles. The minimum Gasteiger partial charge on any atom is -0.550 e. The summed E-state index contributed by atoms with van der Waals surface area (Å²) >= 11 is 0. The number of rotatable bonds is 15. The Kier molecular flexibility index (Phi) is 13.7. The lowest BCUT2D eigenvalue weighted by Crippen LogP contribution is -2.23. The lowest BCUT2D eigenvalue weighted by Gasteiger charge is -2.19. The number of esters is 1. The summed E-state index contributed by atoms with van der Waals surface area (Å²) in [5.41, 5.74) is -0.370. The number of carboxylic acid groups (broad SMARTS) is 1. The Balaban J connectivity index is 3.18. The first-order chi connectivity index (χ1) is 11.3. The molecule has 0 aliphatic heterocycles. The Labute approximate surface area is 148 Å². The minimum atomic E-state index is -0.930. The van der Waals surface area contributed by atoms with Gasteiger partial charge in [0.2, 0.25) is 0 Å². The van der Waals surface area contributed by atoms with Crippen molar-refractivity contribution in [2.24, 2.45) is 0 Å². The molecule has 0 unspecified atom stereocenters. The van der Waals surface area contributed by atoms with Gasteiger partial charge in [-0.1, -0.05) is 64.2 Å². The molecule has 0 spiro atoms. The summed E-state index contributed by atoms with van der Waals surface area (Å²) < 4.78 is 5.29. The largest absolute Gasteiger partial charge is 0.550 e. The number of carbonyl (C=O) groups is 2. The van der Waals surface area contributed by atoms with Gasteiger partial charge in [0.25, 0.3) is 0 Å². The van der Waals surface area contributed by atoms with E-state index in [1.165, 1.54) is 44.9 Å². The van der Waals surface area contributed by atoms with E-state index in [4.69, 9.17) is 4.74 Å². The topological polar surface area (TPSA) is 66.4 Å². The van der Waals surface area contributed by atoms with Crippen LogP contribution in [-0.2, 0) is 14.3 Å². The molecule has 0 radical (unpaired) electrons. The van der Waals surface area contributed by atoms with Crippen LogP contribution < -0.4 is 5.11 Å². The summed E-state index contributed by atoms with van der Waals surface area (Å²) in [6.45, 7) is 5.70. The third-order valence-electron chi connectivity index (χ3n) is 3.93. The quantitative estimate of drug-likeness (QED) is 0.324. The monoisotopic (exact) mass is 341 g/mol. The van der Waals surface area contributed by atoms with Crippen molar-refractivity contribution < 1.29 is 19.4 Å². The standard InChI is InChI=1S/C20H38O4/c1-20(2,3)24-19(23)17-15-13-11-9-7-5-4-6-8-10-12-14-16-18(21)22/h4-17H2,1-3H3,(H,21,22)/p-1. The summed E-state index contributed by atoms with van der Waals surface area (Å²) in [7, 11) is 0. The van der Waals surface area contributed by atoms with Crippen LogP contribution in [0.2, 0.25) is 0 Å². The van der Waals surface area contributed by atoms with Crippen molar-refractivity contribution in [2.45, 2.75) is 116 Å². The highest BCUT2D eigenvalue weighted by atomic mass is 16.6. The Hall–Kier alpha value is -1.06. The molecule has 0 fully saturated rings. The summed E-state index contributed by atoms with van der Waals surface area (Å²) in [5, 5.41) is 10.3. The van der Waals surface area contributed by atoms with E-state index in [1.54, 1.807) is 0 Å². The van der Waals surface area contributed by atoms with Gasteiger partial charge >= 0.3 is 5.97 Å². The second-order valence-electron chi connectivity index (χ2n) is 7.70. The first-order valence-corrected chi connectivity index (χ1v) is 9.73. The zero-order valence-corrected chi connectivity index (χ0v) is 16.0. The zero-order chi connectivity index (χ0) is 18.3. The lowest BCUT2D eigenvalue weighted by atomic mass is 10.0. The Bertz CT molecular complexity index is 331. The van der Waals surface area contributed by atoms with Gasteiger partial charge in [0.15, 0.2) is 0 Å². The van der Waals surface area contributed by atoms with E-state index in [-0.39, 0.29) is 18.0 Å². The molecule has 0 bridgehead atoms. The van der Waals surface area contributed by atoms with Crippen LogP contribution in [-0.4, -0.2) is 17.5 Å². The fourth-order valence-corrected chi connectivity index (χ4v) is 2.70. The van der Waals surface area contributed by atoms with Crippen LogP contribution in [0.25, 0.3) is 0 Å². The minimum absolute atomic E-state index is 0.0814. The Morgan fingerprint density at radius 2 is 1.00 bits per heavy atom. The van der Waals surface area contributed by atoms with Crippen LogP contribution in [0.15, 0.2) is 0 Å². The molecule has 0 atom stereocenters. The molecule has 0 amide bonds. The van der Waals surface area contributed by atoms with Gasteiger partial charge < -0.3 is 14.6 Å². The maximum atomic E-state index is 11.5. The summed E-state index contributed by atoms with van der Waals surface area (Å²) in [6.07, 6.45) is 14.4. The highest BCUT2D eigenvalue weighted by molar-refractivity contribution is 5.69. The fourth-order valence-electron chi connectivity index (χ4n) is 2.70. The van der Waals surface area contributed by atoms with E-state index in [0.717, 1.165) is 32.1 Å². The van der Waals surface area contributed by atoms with Crippen molar-refractivity contribution in [3.63, 3.8) is 0 Å². The normalized spacial score (nSPS) is 11.5. The van der Waals surface area contributed by atoms with Gasteiger partial charge in [-0.15, -0.1) is 0 Å². The molecule has 4 heteroatoms. The summed E-state index contributed by atoms with van der Waals surface area (Å²) in [5.74, 6) is -1.01. The molecular weight excluding hydrogens is 304 g/mol. The number of hydrogen-bond donors (Lipinski definition) is 0. The average molecular weight is 342 g/mol. The molecule has 0 heterocycles. The highest BCUT2D eigenvalue weighted by Crippen LogP contribution is 2.14. The van der Waals surface area contributed by atoms with Crippen LogP contribution in [0, 0.1) is 0 Å². The van der Waals surface area contributed by atoms with Crippen molar-refractivity contribution in [2.75, 3.05) is 0 Å². The molecule has 0 rings (SSSR count). The van der Waals surface area contributed by atoms with E-state index in [2.05, 4.69) is 0 Å². The van der Waals surface area contributed by atoms with Crippen molar-refractivity contribution in [1.82, 2.24) is 0 Å². The SMILES string of the molecule is CC(C)(C)OC(=O)CCCCCCCCCCCCCCC(=O)[O-]. The van der Waals surface area contributed by atoms with Gasteiger partial charge in [0.1, 0.15) is 5.60 Å². The molecule has 0 aromatic heterocycles. The second kappa shape index (κ2) is 14.3. The van der Waals surface area contributed by atoms with E-state index in [0.29, 0.717) is 6.42 Å². The van der Waals surface area contributed by atoms with Gasteiger partial charge in [0.05, 0.1) is 0 Å². The number of unbranched alkanes of at least 4 members (excludes halogenated alkanes) is 11. The maximum absolute atomic E-state index is 11.5. The van der Waals surface area contributed by atoms with Gasteiger partial charge in [-0.25, -0.2) is 0 Å². The van der Waals surface area contributed by atoms with Crippen LogP contribution in [0.1, 0.15) is 111 Å². The number of carboxylic acids is 1. The van der Waals surface area contributed by atoms with E-state index in [1.807, 2.05) is 20.8 Å². The van der Waals surface area contributed by atoms with Crippen LogP contribution in [0.4, 0.5) is 0 Å². The van der Waals surface area contributed by atoms with Crippen LogP contribution in [0.3, 0.4) is 0 Å². The van der Waals surface area contributed by atoms with Gasteiger partial charge in [-0.05, 0) is 40.0 Å². The van der Waals surface area contributed by atoms with Crippen molar-refractivity contribution in [3.8, 4) is 0 Å². The lowest BCUT2D eigenvalue weighted by molar-refractivity contribution is -0.305. The molecule has 0 saturated carbocycles. The highest BCUT2D eigenvalue weighted by Gasteiger charge is 2.15. The first kappa shape index (κ1) is 22.9. The van der Waals surface area contributed by atoms with Crippen molar-refractivity contribution in [1.29, 1.82) is 0 Å². The summed E-state index contributed by atoms with van der Waals surface area (Å²) in [4.78, 5) is 21.8. The Morgan fingerprint density at radius 3 is 1.33 bits per heavy atom. The molecule has 0 N–H and O–H groups in total. The second-order valence-corrected chi connectivity index (χ2v) is 7.70. The zero-order valence-electron chi connectivity index (χ0n) is 16.0. The molecule has 0 aromatic rings. The van der Waals surface area contributed by atoms with Crippen molar-refractivity contribution in [3.05, 3.63) is 0 Å². The third-order valence-corrected chi connectivity index (χ3v) is 3.93.